The van der Waals surface area contributed by atoms with E-state index in [9.17, 15) is 45.5 Å². The lowest BCUT2D eigenvalue weighted by Crippen LogP contribution is -2.10. The number of carboxylic acids is 1. The van der Waals surface area contributed by atoms with Gasteiger partial charge in [-0.2, -0.15) is 26.3 Å². The van der Waals surface area contributed by atoms with Crippen molar-refractivity contribution in [1.29, 1.82) is 0 Å². The van der Waals surface area contributed by atoms with Crippen molar-refractivity contribution in [3.05, 3.63) is 179 Å². The first-order valence-corrected chi connectivity index (χ1v) is 23.4. The number of aliphatic hydroxyl groups excluding tert-OH is 1. The van der Waals surface area contributed by atoms with Crippen molar-refractivity contribution in [2.75, 3.05) is 49.4 Å². The highest BCUT2D eigenvalue weighted by atomic mass is 19.4. The Kier molecular flexibility index (Phi) is 23.9. The van der Waals surface area contributed by atoms with E-state index in [0.717, 1.165) is 17.2 Å². The van der Waals surface area contributed by atoms with E-state index < -0.39 is 49.1 Å². The Morgan fingerprint density at radius 2 is 0.883 bits per heavy atom. The van der Waals surface area contributed by atoms with Gasteiger partial charge < -0.3 is 56.8 Å². The second kappa shape index (κ2) is 30.4. The lowest BCUT2D eigenvalue weighted by Gasteiger charge is -2.09. The Morgan fingerprint density at radius 1 is 0.494 bits per heavy atom. The number of halogens is 6. The molecule has 0 saturated carbocycles. The van der Waals surface area contributed by atoms with Crippen molar-refractivity contribution >= 4 is 58.8 Å². The number of nitrogen functional groups attached to an aromatic ring is 4. The van der Waals surface area contributed by atoms with E-state index >= 15 is 0 Å². The molecule has 6 aromatic rings. The quantitative estimate of drug-likeness (QED) is 0.00978. The van der Waals surface area contributed by atoms with Crippen molar-refractivity contribution in [1.82, 2.24) is 0 Å². The molecule has 0 bridgehead atoms. The van der Waals surface area contributed by atoms with E-state index in [1.165, 1.54) is 72.8 Å². The van der Waals surface area contributed by atoms with Gasteiger partial charge in [-0.15, -0.1) is 0 Å². The molecule has 0 spiro atoms. The normalized spacial score (nSPS) is 11.2. The number of anilines is 4. The molecule has 0 aliphatic carbocycles. The summed E-state index contributed by atoms with van der Waals surface area (Å²) in [5.41, 5.74) is 28.7. The molecule has 0 unspecified atom stereocenters. The number of rotatable bonds is 21. The summed E-state index contributed by atoms with van der Waals surface area (Å²) in [7, 11) is 0. The van der Waals surface area contributed by atoms with Crippen molar-refractivity contribution in [3.63, 3.8) is 0 Å². The summed E-state index contributed by atoms with van der Waals surface area (Å²) in [5, 5.41) is 17.2. The van der Waals surface area contributed by atoms with E-state index in [4.69, 9.17) is 56.8 Å². The number of carboxylic acid groups (broad SMARTS) is 1. The Hall–Kier alpha value is -8.98. The minimum absolute atomic E-state index is 0.0681. The summed E-state index contributed by atoms with van der Waals surface area (Å²) < 4.78 is 98.8. The number of aliphatic hydroxyl groups is 1. The largest absolute Gasteiger partial charge is 0.494 e. The molecule has 0 heterocycles. The minimum atomic E-state index is -4.21. The summed E-state index contributed by atoms with van der Waals surface area (Å²) in [4.78, 5) is 46.9. The van der Waals surface area contributed by atoms with E-state index in [0.29, 0.717) is 63.8 Å². The fraction of sp³-hybridized carbons (Fsp3) is 0.214. The van der Waals surface area contributed by atoms with Gasteiger partial charge in [-0.25, -0.2) is 19.2 Å². The molecule has 21 heteroatoms. The minimum Gasteiger partial charge on any atom is -0.494 e. The van der Waals surface area contributed by atoms with E-state index in [-0.39, 0.29) is 56.3 Å². The Balaban J connectivity index is 0.000000285. The van der Waals surface area contributed by atoms with Crippen LogP contribution in [0.2, 0.25) is 0 Å². The van der Waals surface area contributed by atoms with E-state index in [1.54, 1.807) is 72.8 Å². The zero-order chi connectivity index (χ0) is 56.4. The summed E-state index contributed by atoms with van der Waals surface area (Å²) in [6.07, 6.45) is -4.25. The maximum atomic E-state index is 12.4. The highest BCUT2D eigenvalue weighted by Gasteiger charge is 2.27. The molecule has 6 aromatic carbocycles. The standard InChI is InChI=1S/C28H27F3N2O5.C20H17F3O5.C8H12N2O/c29-28(30,31)15-1-16-36-23-9-11-24(12-10-23)38-27(35)21-5-2-19(3-6-21)4-13-26(34)37-17-14-20-7-8-22(32)18-25(20)33;21-20(22,23)12-1-13-27-16-7-9-17(10-8-16)28-19(26)15-5-2-14(3-6-15)4-11-18(24)25;9-7-2-1-6(3-4-11)8(10)5-7/h2-13,18H,1,14-17,32-33H2;2-11H,1,12-13H2,(H,24,25);1-2,5,11H,3-4,9-10H2/b13-4+;11-4+;. The number of alkyl halides is 6. The van der Waals surface area contributed by atoms with Crippen LogP contribution in [-0.4, -0.2) is 72.9 Å². The summed E-state index contributed by atoms with van der Waals surface area (Å²) in [5.74, 6) is -1.54. The smallest absolute Gasteiger partial charge is 0.389 e. The van der Waals surface area contributed by atoms with Crippen LogP contribution in [0.5, 0.6) is 23.0 Å². The van der Waals surface area contributed by atoms with Crippen LogP contribution in [-0.2, 0) is 27.2 Å². The van der Waals surface area contributed by atoms with Crippen molar-refractivity contribution in [3.8, 4) is 23.0 Å². The summed E-state index contributed by atoms with van der Waals surface area (Å²) >= 11 is 0. The first-order valence-electron chi connectivity index (χ1n) is 23.4. The van der Waals surface area contributed by atoms with Crippen LogP contribution in [0.3, 0.4) is 0 Å². The number of ether oxygens (including phenoxy) is 5. The van der Waals surface area contributed by atoms with Crippen LogP contribution >= 0.6 is 0 Å². The monoisotopic (exact) mass is 1070 g/mol. The van der Waals surface area contributed by atoms with Crippen molar-refractivity contribution < 1.29 is 79.4 Å². The molecule has 0 aliphatic rings. The lowest BCUT2D eigenvalue weighted by molar-refractivity contribution is -0.138. The zero-order valence-electron chi connectivity index (χ0n) is 41.2. The highest BCUT2D eigenvalue weighted by Crippen LogP contribution is 2.25. The van der Waals surface area contributed by atoms with Crippen molar-refractivity contribution in [2.24, 2.45) is 0 Å². The van der Waals surface area contributed by atoms with Gasteiger partial charge in [0, 0.05) is 60.8 Å². The maximum Gasteiger partial charge on any atom is 0.389 e. The molecule has 0 aliphatic heterocycles. The molecule has 408 valence electrons. The van der Waals surface area contributed by atoms with Crippen LogP contribution in [0.25, 0.3) is 12.2 Å². The third-order valence-electron chi connectivity index (χ3n) is 10.3. The van der Waals surface area contributed by atoms with Crippen LogP contribution in [0.15, 0.2) is 146 Å². The molecule has 6 rings (SSSR count). The third kappa shape index (κ3) is 24.3. The predicted molar refractivity (Wildman–Crippen MR) is 279 cm³/mol. The van der Waals surface area contributed by atoms with Crippen LogP contribution in [0, 0.1) is 0 Å². The van der Waals surface area contributed by atoms with Gasteiger partial charge in [0.2, 0.25) is 0 Å². The fourth-order valence-electron chi connectivity index (χ4n) is 6.37. The molecule has 0 atom stereocenters. The molecule has 0 saturated heterocycles. The number of hydrogen-bond donors (Lipinski definition) is 6. The van der Waals surface area contributed by atoms with Gasteiger partial charge in [0.25, 0.3) is 0 Å². The van der Waals surface area contributed by atoms with Gasteiger partial charge in [-0.1, -0.05) is 36.4 Å². The summed E-state index contributed by atoms with van der Waals surface area (Å²) in [6, 6.07) is 35.0. The zero-order valence-corrected chi connectivity index (χ0v) is 41.2. The lowest BCUT2D eigenvalue weighted by atomic mass is 10.1. The molecule has 0 aromatic heterocycles. The first-order chi connectivity index (χ1) is 36.5. The van der Waals surface area contributed by atoms with Crippen LogP contribution in [0.1, 0.15) is 68.7 Å². The number of benzene rings is 6. The summed E-state index contributed by atoms with van der Waals surface area (Å²) in [6.45, 7) is 0.137. The van der Waals surface area contributed by atoms with Gasteiger partial charge in [0.15, 0.2) is 0 Å². The van der Waals surface area contributed by atoms with E-state index in [1.807, 2.05) is 6.07 Å². The number of aliphatic carboxylic acids is 1. The Bertz CT molecular complexity index is 2900. The maximum absolute atomic E-state index is 12.4. The first kappa shape index (κ1) is 60.6. The van der Waals surface area contributed by atoms with Gasteiger partial charge in [-0.05, 0) is 151 Å². The Morgan fingerprint density at radius 3 is 1.26 bits per heavy atom. The number of carbonyl (C=O) groups excluding carboxylic acids is 3. The van der Waals surface area contributed by atoms with Gasteiger partial charge in [0.1, 0.15) is 23.0 Å². The topological polar surface area (TPSA) is 259 Å². The molecule has 15 nitrogen and oxygen atoms in total. The SMILES string of the molecule is Nc1ccc(CCO)c(N)c1.Nc1ccc(CCOC(=O)/C=C/c2ccc(C(=O)Oc3ccc(OCCCC(F)(F)F)cc3)cc2)c(N)c1.O=C(O)/C=C/c1ccc(C(=O)Oc2ccc(OCCCC(F)(F)F)cc2)cc1. The molecular formula is C56H56F6N4O11. The molecule has 0 radical (unpaired) electrons. The van der Waals surface area contributed by atoms with Crippen LogP contribution < -0.4 is 41.9 Å². The third-order valence-corrected chi connectivity index (χ3v) is 10.3. The van der Waals surface area contributed by atoms with Crippen molar-refractivity contribution in [2.45, 2.75) is 50.9 Å². The molecule has 0 amide bonds. The number of nitrogens with two attached hydrogens (primary N) is 4. The van der Waals surface area contributed by atoms with Crippen LogP contribution in [0.4, 0.5) is 49.1 Å². The predicted octanol–water partition coefficient (Wildman–Crippen LogP) is 10.7. The Labute approximate surface area is 439 Å². The number of carbonyl (C=O) groups is 4. The highest BCUT2D eigenvalue weighted by molar-refractivity contribution is 5.92. The second-order valence-corrected chi connectivity index (χ2v) is 16.4. The number of hydrogen-bond acceptors (Lipinski definition) is 14. The average molecular weight is 1080 g/mol. The van der Waals surface area contributed by atoms with Gasteiger partial charge in [-0.3, -0.25) is 0 Å². The number of esters is 3. The average Bonchev–Trinajstić information content (AvgIpc) is 3.38. The van der Waals surface area contributed by atoms with Gasteiger partial charge in [0.05, 0.1) is 30.9 Å². The second-order valence-electron chi connectivity index (χ2n) is 16.4. The molecule has 0 fully saturated rings. The fourth-order valence-corrected chi connectivity index (χ4v) is 6.37. The molecular weight excluding hydrogens is 1020 g/mol. The van der Waals surface area contributed by atoms with E-state index in [2.05, 4.69) is 0 Å². The molecule has 10 N–H and O–H groups in total. The van der Waals surface area contributed by atoms with Gasteiger partial charge >= 0.3 is 36.2 Å². The molecule has 77 heavy (non-hydrogen) atoms.